The molecule has 1 spiro atoms. The average molecular weight is 1190 g/mol. The number of halogens is 1. The van der Waals surface area contributed by atoms with E-state index in [0.717, 1.165) is 137 Å². The number of fused-ring (bicyclic) bond motifs is 1. The summed E-state index contributed by atoms with van der Waals surface area (Å²) in [6.07, 6.45) is 12.0. The summed E-state index contributed by atoms with van der Waals surface area (Å²) in [6.45, 7) is 20.9. The van der Waals surface area contributed by atoms with Crippen molar-refractivity contribution in [3.63, 3.8) is 0 Å². The second-order valence-corrected chi connectivity index (χ2v) is 27.1. The molecule has 21 heteroatoms. The Kier molecular flexibility index (Phi) is 18.1. The van der Waals surface area contributed by atoms with Crippen molar-refractivity contribution in [2.45, 2.75) is 159 Å². The normalized spacial score (nSPS) is 22.0. The molecule has 1 aliphatic carbocycles. The van der Waals surface area contributed by atoms with Gasteiger partial charge in [0.2, 0.25) is 17.4 Å². The lowest BCUT2D eigenvalue weighted by Gasteiger charge is -2.38. The third kappa shape index (κ3) is 14.7. The minimum Gasteiger partial charge on any atom is -0.444 e. The standard InChI is InChI=1S/C64H87ClN12O8/c1-62(2,3)84-60(81)76(49-16-17-49)42-55(79)75-27-8-11-47(40-75)45-9-7-10-46(39-45)58(80)74-31-21-51(22-32-74)83-50-19-28-71(29-20-50)41-54(78)72-37-35-70(36-38-72)30-23-53(44-12-14-48(65)15-13-44)69-59-64(77(59)61(82)85-63(4,5)6)24-33-73(34-25-64)57-52-18-26-66-56(52)67-43-68-57/h7,9-10,12-15,18,26,39,43,47,49-51,53H,8,11,16-17,19-25,27-38,40-42H2,1-6H3,(H,66,67,68)/p+1/t47?,53-,77?/m0/s1. The van der Waals surface area contributed by atoms with E-state index in [1.165, 1.54) is 0 Å². The Morgan fingerprint density at radius 2 is 1.44 bits per heavy atom. The highest BCUT2D eigenvalue weighted by Crippen LogP contribution is 2.45. The van der Waals surface area contributed by atoms with Gasteiger partial charge in [0, 0.05) is 133 Å². The summed E-state index contributed by atoms with van der Waals surface area (Å²) in [4.78, 5) is 101. The third-order valence-electron chi connectivity index (χ3n) is 18.2. The molecule has 8 heterocycles. The van der Waals surface area contributed by atoms with E-state index in [9.17, 15) is 24.0 Å². The fourth-order valence-corrected chi connectivity index (χ4v) is 13.4. The van der Waals surface area contributed by atoms with E-state index in [1.54, 1.807) is 11.2 Å². The number of aromatic amines is 1. The van der Waals surface area contributed by atoms with E-state index in [1.807, 2.05) is 104 Å². The predicted octanol–water partition coefficient (Wildman–Crippen LogP) is 6.85. The first kappa shape index (κ1) is 60.3. The Morgan fingerprint density at radius 1 is 0.741 bits per heavy atom. The number of piperidine rings is 4. The summed E-state index contributed by atoms with van der Waals surface area (Å²) in [5, 5.41) is 1.65. The lowest BCUT2D eigenvalue weighted by molar-refractivity contribution is -0.511. The minimum absolute atomic E-state index is 0.0239. The van der Waals surface area contributed by atoms with Crippen LogP contribution in [0.1, 0.15) is 146 Å². The molecule has 458 valence electrons. The number of benzene rings is 2. The molecule has 11 rings (SSSR count). The SMILES string of the molecule is CC(C)(C)OC(=O)N(CC(=O)N1CCCC(c2cccc(C(=O)N3CCC(OC4CCN(CC(=O)N5CCN(CC[C@H]([NH+]=C6N(C(=O)OC(C)(C)C)C67CCN(c6ncnc8[nH]ccc68)CC7)c6ccc(Cl)cc6)CC5)CC4)CC3)c2)C1)C1CC1. The first-order valence-corrected chi connectivity index (χ1v) is 31.6. The van der Waals surface area contributed by atoms with Crippen LogP contribution >= 0.6 is 11.6 Å². The Hall–Kier alpha value is -6.35. The van der Waals surface area contributed by atoms with Gasteiger partial charge in [0.1, 0.15) is 41.6 Å². The summed E-state index contributed by atoms with van der Waals surface area (Å²) in [5.74, 6) is 2.04. The number of nitrogens with zero attached hydrogens (tertiary/aromatic N) is 10. The number of nitrogens with one attached hydrogen (secondary N) is 2. The maximum absolute atomic E-state index is 13.9. The van der Waals surface area contributed by atoms with Crippen LogP contribution in [0.25, 0.3) is 11.0 Å². The van der Waals surface area contributed by atoms with Gasteiger partial charge in [-0.15, -0.1) is 4.90 Å². The molecule has 1 unspecified atom stereocenters. The van der Waals surface area contributed by atoms with E-state index in [2.05, 4.69) is 52.8 Å². The molecular formula is C64H88ClN12O8+. The number of likely N-dealkylation sites (tertiary alicyclic amines) is 3. The maximum Gasteiger partial charge on any atom is 0.508 e. The van der Waals surface area contributed by atoms with Gasteiger partial charge >= 0.3 is 18.0 Å². The number of carbonyl (C=O) groups excluding carboxylic acids is 5. The summed E-state index contributed by atoms with van der Waals surface area (Å²) in [7, 11) is 0. The van der Waals surface area contributed by atoms with Gasteiger partial charge in [-0.25, -0.2) is 14.8 Å². The van der Waals surface area contributed by atoms with E-state index >= 15 is 0 Å². The fourth-order valence-electron chi connectivity index (χ4n) is 13.3. The second-order valence-electron chi connectivity index (χ2n) is 26.6. The first-order valence-electron chi connectivity index (χ1n) is 31.3. The van der Waals surface area contributed by atoms with Crippen LogP contribution < -0.4 is 9.89 Å². The highest BCUT2D eigenvalue weighted by atomic mass is 35.5. The number of amidine groups is 1. The number of carbonyl (C=O) groups is 5. The quantitative estimate of drug-likeness (QED) is 0.118. The summed E-state index contributed by atoms with van der Waals surface area (Å²) >= 11 is 6.41. The Morgan fingerprint density at radius 3 is 2.12 bits per heavy atom. The molecular weight excluding hydrogens is 1100 g/mol. The van der Waals surface area contributed by atoms with Crippen molar-refractivity contribution in [2.24, 2.45) is 0 Å². The number of H-pyrrole nitrogens is 1. The van der Waals surface area contributed by atoms with Crippen LogP contribution in [0.4, 0.5) is 15.4 Å². The number of anilines is 1. The summed E-state index contributed by atoms with van der Waals surface area (Å²) in [5.41, 5.74) is 1.86. The lowest BCUT2D eigenvalue weighted by atomic mass is 9.89. The number of hydrogen-bond acceptors (Lipinski definition) is 13. The minimum atomic E-state index is -0.651. The van der Waals surface area contributed by atoms with E-state index < -0.39 is 22.8 Å². The van der Waals surface area contributed by atoms with Crippen LogP contribution in [0.3, 0.4) is 0 Å². The van der Waals surface area contributed by atoms with Crippen LogP contribution in [-0.4, -0.2) is 218 Å². The van der Waals surface area contributed by atoms with Crippen LogP contribution in [-0.2, 0) is 23.8 Å². The maximum atomic E-state index is 13.9. The highest BCUT2D eigenvalue weighted by Gasteiger charge is 2.74. The molecule has 2 atom stereocenters. The fraction of sp³-hybridized carbons (Fsp3) is 0.625. The summed E-state index contributed by atoms with van der Waals surface area (Å²) < 4.78 is 18.3. The molecule has 7 fully saturated rings. The van der Waals surface area contributed by atoms with Crippen LogP contribution in [0.2, 0.25) is 5.02 Å². The lowest BCUT2D eigenvalue weighted by Crippen LogP contribution is -2.74. The largest absolute Gasteiger partial charge is 0.508 e. The van der Waals surface area contributed by atoms with Crippen LogP contribution in [0.15, 0.2) is 67.1 Å². The molecule has 2 aromatic carbocycles. The number of ether oxygens (including phenoxy) is 3. The zero-order valence-corrected chi connectivity index (χ0v) is 51.5. The smallest absolute Gasteiger partial charge is 0.444 e. The highest BCUT2D eigenvalue weighted by molar-refractivity contribution is 6.30. The van der Waals surface area contributed by atoms with Gasteiger partial charge < -0.3 is 38.8 Å². The van der Waals surface area contributed by atoms with E-state index in [4.69, 9.17) is 25.8 Å². The number of piperazine rings is 1. The van der Waals surface area contributed by atoms with Crippen molar-refractivity contribution in [1.82, 2.24) is 49.3 Å². The van der Waals surface area contributed by atoms with Crippen molar-refractivity contribution in [3.8, 4) is 0 Å². The molecule has 7 aliphatic rings. The van der Waals surface area contributed by atoms with Crippen molar-refractivity contribution < 1.29 is 43.2 Å². The molecule has 0 radical (unpaired) electrons. The molecule has 6 saturated heterocycles. The Bertz CT molecular complexity index is 3050. The molecule has 85 heavy (non-hydrogen) atoms. The summed E-state index contributed by atoms with van der Waals surface area (Å²) in [6, 6.07) is 17.9. The molecule has 0 bridgehead atoms. The van der Waals surface area contributed by atoms with Crippen molar-refractivity contribution >= 4 is 64.2 Å². The zero-order chi connectivity index (χ0) is 59.6. The number of hydrogen-bond donors (Lipinski definition) is 2. The molecule has 2 aromatic heterocycles. The van der Waals surface area contributed by atoms with Crippen molar-refractivity contribution in [1.29, 1.82) is 0 Å². The Balaban J connectivity index is 0.612. The first-order chi connectivity index (χ1) is 40.8. The molecule has 4 aromatic rings. The topological polar surface area (TPSA) is 194 Å². The van der Waals surface area contributed by atoms with Gasteiger partial charge in [0.05, 0.1) is 24.1 Å². The van der Waals surface area contributed by atoms with Gasteiger partial charge in [0.15, 0.2) is 0 Å². The second kappa shape index (κ2) is 25.5. The number of aromatic nitrogens is 3. The van der Waals surface area contributed by atoms with Gasteiger partial charge in [-0.3, -0.25) is 34.1 Å². The zero-order valence-electron chi connectivity index (χ0n) is 50.7. The molecule has 5 amide bonds. The monoisotopic (exact) mass is 1190 g/mol. The van der Waals surface area contributed by atoms with E-state index in [0.29, 0.717) is 69.5 Å². The van der Waals surface area contributed by atoms with Crippen LogP contribution in [0, 0.1) is 0 Å². The van der Waals surface area contributed by atoms with Gasteiger partial charge in [-0.05, 0) is 134 Å². The average Bonchev–Trinajstić information content (AvgIpc) is 1.57. The van der Waals surface area contributed by atoms with E-state index in [-0.39, 0.29) is 60.6 Å². The van der Waals surface area contributed by atoms with Crippen molar-refractivity contribution in [2.75, 3.05) is 103 Å². The van der Waals surface area contributed by atoms with Gasteiger partial charge in [-0.1, -0.05) is 35.9 Å². The van der Waals surface area contributed by atoms with Gasteiger partial charge in [-0.2, -0.15) is 4.79 Å². The number of amides is 5. The molecule has 20 nitrogen and oxygen atoms in total. The number of rotatable bonds is 15. The molecule has 1 saturated carbocycles. The Labute approximate surface area is 505 Å². The predicted molar refractivity (Wildman–Crippen MR) is 324 cm³/mol. The van der Waals surface area contributed by atoms with Crippen LogP contribution in [0.5, 0.6) is 0 Å². The van der Waals surface area contributed by atoms with Crippen molar-refractivity contribution in [3.05, 3.63) is 88.8 Å². The van der Waals surface area contributed by atoms with Gasteiger partial charge in [0.25, 0.3) is 5.91 Å². The molecule has 6 aliphatic heterocycles. The molecule has 2 N–H and O–H groups in total. The third-order valence-corrected chi connectivity index (χ3v) is 18.4.